The summed E-state index contributed by atoms with van der Waals surface area (Å²) in [6.07, 6.45) is 9.36. The molecule has 15 heavy (non-hydrogen) atoms. The van der Waals surface area contributed by atoms with Crippen molar-refractivity contribution in [1.29, 1.82) is 0 Å². The van der Waals surface area contributed by atoms with Crippen molar-refractivity contribution in [1.82, 2.24) is 9.55 Å². The van der Waals surface area contributed by atoms with E-state index in [9.17, 15) is 0 Å². The van der Waals surface area contributed by atoms with Crippen molar-refractivity contribution in [2.24, 2.45) is 0 Å². The van der Waals surface area contributed by atoms with Crippen molar-refractivity contribution >= 4 is 6.08 Å². The van der Waals surface area contributed by atoms with Crippen LogP contribution < -0.4 is 0 Å². The molecule has 1 radical (unpaired) electrons. The molecule has 1 aromatic heterocycles. The third-order valence-corrected chi connectivity index (χ3v) is 2.21. The van der Waals surface area contributed by atoms with E-state index in [-0.39, 0.29) is 0 Å². The van der Waals surface area contributed by atoms with Crippen molar-refractivity contribution in [3.05, 3.63) is 67.1 Å². The summed E-state index contributed by atoms with van der Waals surface area (Å²) >= 11 is 0. The van der Waals surface area contributed by atoms with Gasteiger partial charge in [-0.05, 0) is 18.1 Å². The molecule has 0 saturated carbocycles. The van der Waals surface area contributed by atoms with Crippen LogP contribution >= 0.6 is 0 Å². The first-order valence-electron chi connectivity index (χ1n) is 4.89. The molecule has 0 saturated heterocycles. The topological polar surface area (TPSA) is 17.8 Å². The van der Waals surface area contributed by atoms with E-state index in [1.807, 2.05) is 23.2 Å². The molecule has 75 valence electrons. The van der Waals surface area contributed by atoms with Crippen molar-refractivity contribution < 1.29 is 0 Å². The van der Waals surface area contributed by atoms with Crippen LogP contribution in [0.3, 0.4) is 0 Å². The highest BCUT2D eigenvalue weighted by Gasteiger charge is 1.93. The van der Waals surface area contributed by atoms with Crippen LogP contribution in [0.2, 0.25) is 0 Å². The summed E-state index contributed by atoms with van der Waals surface area (Å²) in [7, 11) is 0. The largest absolute Gasteiger partial charge is 0.333 e. The number of nitrogens with zero attached hydrogens (tertiary/aromatic N) is 2. The zero-order chi connectivity index (χ0) is 10.5. The molecule has 0 amide bonds. The molecule has 0 atom stereocenters. The average Bonchev–Trinajstić information content (AvgIpc) is 2.74. The lowest BCUT2D eigenvalue weighted by Crippen LogP contribution is -1.95. The summed E-state index contributed by atoms with van der Waals surface area (Å²) in [5.41, 5.74) is 2.45. The molecule has 0 unspecified atom stereocenters. The molecule has 1 aromatic carbocycles. The van der Waals surface area contributed by atoms with E-state index in [1.165, 1.54) is 11.1 Å². The van der Waals surface area contributed by atoms with Gasteiger partial charge in [0, 0.05) is 18.9 Å². The first kappa shape index (κ1) is 9.71. The quantitative estimate of drug-likeness (QED) is 0.739. The van der Waals surface area contributed by atoms with Gasteiger partial charge in [0.1, 0.15) is 0 Å². The van der Waals surface area contributed by atoms with E-state index >= 15 is 0 Å². The van der Waals surface area contributed by atoms with Gasteiger partial charge in [0.25, 0.3) is 0 Å². The third kappa shape index (κ3) is 2.56. The highest BCUT2D eigenvalue weighted by molar-refractivity contribution is 5.50. The Morgan fingerprint density at radius 3 is 2.67 bits per heavy atom. The van der Waals surface area contributed by atoms with E-state index in [1.54, 1.807) is 12.3 Å². The summed E-state index contributed by atoms with van der Waals surface area (Å²) in [5, 5.41) is 0. The Balaban J connectivity index is 2.10. The van der Waals surface area contributed by atoms with Gasteiger partial charge in [-0.25, -0.2) is 4.98 Å². The molecule has 2 aromatic rings. The fourth-order valence-corrected chi connectivity index (χ4v) is 1.46. The maximum absolute atomic E-state index is 4.01. The van der Waals surface area contributed by atoms with Crippen molar-refractivity contribution in [2.45, 2.75) is 6.54 Å². The van der Waals surface area contributed by atoms with Gasteiger partial charge in [0.05, 0.1) is 6.33 Å². The predicted molar refractivity (Wildman–Crippen MR) is 62.2 cm³/mol. The number of hydrogen-bond donors (Lipinski definition) is 0. The summed E-state index contributed by atoms with van der Waals surface area (Å²) in [6.45, 7) is 4.54. The molecule has 0 spiro atoms. The van der Waals surface area contributed by atoms with Crippen LogP contribution in [-0.4, -0.2) is 9.55 Å². The van der Waals surface area contributed by atoms with E-state index in [0.717, 1.165) is 6.54 Å². The fourth-order valence-electron chi connectivity index (χ4n) is 1.46. The highest BCUT2D eigenvalue weighted by atomic mass is 15.0. The Morgan fingerprint density at radius 1 is 1.27 bits per heavy atom. The van der Waals surface area contributed by atoms with E-state index in [2.05, 4.69) is 36.2 Å². The lowest BCUT2D eigenvalue weighted by molar-refractivity contribution is 0.797. The van der Waals surface area contributed by atoms with Gasteiger partial charge in [-0.3, -0.25) is 0 Å². The van der Waals surface area contributed by atoms with Gasteiger partial charge in [0.2, 0.25) is 0 Å². The molecule has 2 rings (SSSR count). The first-order chi connectivity index (χ1) is 7.38. The van der Waals surface area contributed by atoms with E-state index < -0.39 is 0 Å². The molecule has 0 aliphatic carbocycles. The lowest BCUT2D eigenvalue weighted by atomic mass is 10.1. The number of allylic oxidation sites excluding steroid dienone is 1. The Labute approximate surface area is 89.9 Å². The molecular formula is C13H13N2. The van der Waals surface area contributed by atoms with Crippen LogP contribution in [0.4, 0.5) is 0 Å². The molecule has 0 N–H and O–H groups in total. The van der Waals surface area contributed by atoms with Gasteiger partial charge in [-0.2, -0.15) is 0 Å². The van der Waals surface area contributed by atoms with Crippen molar-refractivity contribution in [3.8, 4) is 0 Å². The maximum Gasteiger partial charge on any atom is 0.0949 e. The maximum atomic E-state index is 4.01. The summed E-state index contributed by atoms with van der Waals surface area (Å²) in [4.78, 5) is 4.01. The highest BCUT2D eigenvalue weighted by Crippen LogP contribution is 2.07. The second-order valence-corrected chi connectivity index (χ2v) is 3.38. The molecule has 0 bridgehead atoms. The minimum atomic E-state index is 0.869. The number of imidazole rings is 1. The number of aromatic nitrogens is 2. The lowest BCUT2D eigenvalue weighted by Gasteiger charge is -2.02. The SMILES string of the molecule is [CH2]C=Cc1ccc(Cn2ccnc2)cc1. The van der Waals surface area contributed by atoms with Crippen LogP contribution in [0.5, 0.6) is 0 Å². The van der Waals surface area contributed by atoms with Crippen molar-refractivity contribution in [2.75, 3.05) is 0 Å². The zero-order valence-electron chi connectivity index (χ0n) is 8.50. The van der Waals surface area contributed by atoms with Crippen LogP contribution in [0.1, 0.15) is 11.1 Å². The minimum absolute atomic E-state index is 0.869. The summed E-state index contributed by atoms with van der Waals surface area (Å²) in [6, 6.07) is 8.42. The van der Waals surface area contributed by atoms with Gasteiger partial charge in [-0.15, -0.1) is 0 Å². The molecule has 0 aliphatic heterocycles. The molecular weight excluding hydrogens is 184 g/mol. The number of rotatable bonds is 3. The van der Waals surface area contributed by atoms with Gasteiger partial charge in [0.15, 0.2) is 0 Å². The van der Waals surface area contributed by atoms with Crippen LogP contribution in [0.25, 0.3) is 6.08 Å². The van der Waals surface area contributed by atoms with Crippen LogP contribution in [-0.2, 0) is 6.54 Å². The molecule has 0 fully saturated rings. The average molecular weight is 197 g/mol. The summed E-state index contributed by atoms with van der Waals surface area (Å²) in [5.74, 6) is 0. The van der Waals surface area contributed by atoms with E-state index in [4.69, 9.17) is 0 Å². The molecule has 2 nitrogen and oxygen atoms in total. The Kier molecular flexibility index (Phi) is 2.98. The normalized spacial score (nSPS) is 11.0. The van der Waals surface area contributed by atoms with E-state index in [0.29, 0.717) is 0 Å². The molecule has 0 aliphatic rings. The van der Waals surface area contributed by atoms with Crippen LogP contribution in [0, 0.1) is 6.92 Å². The fraction of sp³-hybridized carbons (Fsp3) is 0.0769. The zero-order valence-corrected chi connectivity index (χ0v) is 8.50. The molecule has 1 heterocycles. The monoisotopic (exact) mass is 197 g/mol. The number of hydrogen-bond acceptors (Lipinski definition) is 1. The number of benzene rings is 1. The minimum Gasteiger partial charge on any atom is -0.333 e. The van der Waals surface area contributed by atoms with Crippen molar-refractivity contribution in [3.63, 3.8) is 0 Å². The smallest absolute Gasteiger partial charge is 0.0949 e. The van der Waals surface area contributed by atoms with Gasteiger partial charge < -0.3 is 4.57 Å². The molecule has 2 heteroatoms. The third-order valence-electron chi connectivity index (χ3n) is 2.21. The van der Waals surface area contributed by atoms with Crippen LogP contribution in [0.15, 0.2) is 49.1 Å². The Morgan fingerprint density at radius 2 is 2.07 bits per heavy atom. The second kappa shape index (κ2) is 4.60. The summed E-state index contributed by atoms with van der Waals surface area (Å²) < 4.78 is 2.05. The Hall–Kier alpha value is -1.83. The standard InChI is InChI=1S/C13H13N2/c1-2-3-12-4-6-13(7-5-12)10-15-9-8-14-11-15/h2-9,11H,1,10H2. The Bertz CT molecular complexity index is 424. The van der Waals surface area contributed by atoms with Gasteiger partial charge >= 0.3 is 0 Å². The van der Waals surface area contributed by atoms with Gasteiger partial charge in [-0.1, -0.05) is 36.4 Å². The second-order valence-electron chi connectivity index (χ2n) is 3.38. The first-order valence-corrected chi connectivity index (χ1v) is 4.89. The predicted octanol–water partition coefficient (Wildman–Crippen LogP) is 2.78.